The number of carbonyl (C=O) groups is 2. The van der Waals surface area contributed by atoms with Crippen molar-refractivity contribution in [3.63, 3.8) is 0 Å². The molecule has 0 aromatic carbocycles. The molecule has 1 aromatic heterocycles. The second-order valence-electron chi connectivity index (χ2n) is 5.11. The number of methoxy groups -OCH3 is 1. The van der Waals surface area contributed by atoms with Gasteiger partial charge in [-0.1, -0.05) is 19.3 Å². The highest BCUT2D eigenvalue weighted by atomic mass is 32.1. The minimum atomic E-state index is -1.06. The first-order chi connectivity index (χ1) is 9.51. The number of nitrogens with zero attached hydrogens (tertiary/aromatic N) is 1. The van der Waals surface area contributed by atoms with Crippen LogP contribution in [0.1, 0.15) is 41.8 Å². The van der Waals surface area contributed by atoms with Crippen LogP contribution in [0.5, 0.6) is 5.75 Å². The van der Waals surface area contributed by atoms with Gasteiger partial charge in [-0.15, -0.1) is 11.3 Å². The fourth-order valence-electron chi connectivity index (χ4n) is 2.73. The Bertz CT molecular complexity index is 505. The number of amides is 1. The van der Waals surface area contributed by atoms with Crippen molar-refractivity contribution in [2.24, 2.45) is 0 Å². The van der Waals surface area contributed by atoms with E-state index in [-0.39, 0.29) is 5.91 Å². The summed E-state index contributed by atoms with van der Waals surface area (Å²) in [5.74, 6) is -0.529. The molecule has 0 atom stereocenters. The van der Waals surface area contributed by atoms with Crippen molar-refractivity contribution >= 4 is 23.2 Å². The molecule has 0 radical (unpaired) electrons. The Morgan fingerprint density at radius 3 is 2.50 bits per heavy atom. The van der Waals surface area contributed by atoms with Crippen LogP contribution in [-0.4, -0.2) is 41.6 Å². The molecule has 1 heterocycles. The van der Waals surface area contributed by atoms with Gasteiger partial charge in [0, 0.05) is 18.5 Å². The van der Waals surface area contributed by atoms with Crippen molar-refractivity contribution in [3.8, 4) is 5.75 Å². The largest absolute Gasteiger partial charge is 0.496 e. The lowest BCUT2D eigenvalue weighted by atomic mass is 9.80. The van der Waals surface area contributed by atoms with Crippen molar-refractivity contribution in [3.05, 3.63) is 16.3 Å². The highest BCUT2D eigenvalue weighted by molar-refractivity contribution is 7.12. The molecule has 1 fully saturated rings. The minimum Gasteiger partial charge on any atom is -0.496 e. The molecule has 0 spiro atoms. The molecule has 0 aliphatic heterocycles. The number of hydrogen-bond donors (Lipinski definition) is 1. The van der Waals surface area contributed by atoms with Gasteiger partial charge in [0.2, 0.25) is 0 Å². The van der Waals surface area contributed by atoms with E-state index in [2.05, 4.69) is 0 Å². The number of likely N-dealkylation sites (N-methyl/N-ethyl adjacent to an activating group) is 1. The highest BCUT2D eigenvalue weighted by Gasteiger charge is 2.45. The average molecular weight is 297 g/mol. The second-order valence-corrected chi connectivity index (χ2v) is 6.02. The number of carboxylic acids is 1. The molecule has 0 saturated heterocycles. The zero-order valence-corrected chi connectivity index (χ0v) is 12.5. The number of hydrogen-bond acceptors (Lipinski definition) is 4. The van der Waals surface area contributed by atoms with Gasteiger partial charge in [-0.3, -0.25) is 4.79 Å². The summed E-state index contributed by atoms with van der Waals surface area (Å²) >= 11 is 1.28. The molecule has 1 saturated carbocycles. The number of carboxylic acid groups (broad SMARTS) is 1. The fraction of sp³-hybridized carbons (Fsp3) is 0.571. The van der Waals surface area contributed by atoms with Gasteiger partial charge in [0.15, 0.2) is 0 Å². The summed E-state index contributed by atoms with van der Waals surface area (Å²) in [6, 6.07) is 1.65. The first kappa shape index (κ1) is 14.8. The van der Waals surface area contributed by atoms with E-state index in [4.69, 9.17) is 4.74 Å². The van der Waals surface area contributed by atoms with Gasteiger partial charge < -0.3 is 14.7 Å². The molecular formula is C14H19NO4S. The first-order valence-electron chi connectivity index (χ1n) is 6.65. The molecule has 1 N–H and O–H groups in total. The molecule has 5 nitrogen and oxygen atoms in total. The Labute approximate surface area is 122 Å². The molecule has 1 aromatic rings. The first-order valence-corrected chi connectivity index (χ1v) is 7.53. The van der Waals surface area contributed by atoms with Gasteiger partial charge in [0.05, 0.1) is 12.0 Å². The number of thiophene rings is 1. The number of carbonyl (C=O) groups excluding carboxylic acids is 1. The van der Waals surface area contributed by atoms with E-state index in [1.807, 2.05) is 0 Å². The van der Waals surface area contributed by atoms with Crippen LogP contribution >= 0.6 is 11.3 Å². The second kappa shape index (κ2) is 5.83. The van der Waals surface area contributed by atoms with Gasteiger partial charge in [-0.05, 0) is 12.8 Å². The van der Waals surface area contributed by atoms with E-state index in [0.717, 1.165) is 19.3 Å². The molecule has 1 aliphatic carbocycles. The van der Waals surface area contributed by atoms with Crippen LogP contribution in [0.4, 0.5) is 0 Å². The average Bonchev–Trinajstić information content (AvgIpc) is 2.95. The summed E-state index contributed by atoms with van der Waals surface area (Å²) in [6.07, 6.45) is 3.76. The highest BCUT2D eigenvalue weighted by Crippen LogP contribution is 2.35. The smallest absolute Gasteiger partial charge is 0.329 e. The van der Waals surface area contributed by atoms with E-state index in [1.165, 1.54) is 16.2 Å². The SMILES string of the molecule is COc1csc(C(=O)N(C)C2(C(=O)O)CCCCC2)c1. The van der Waals surface area contributed by atoms with Gasteiger partial charge in [0.1, 0.15) is 11.3 Å². The maximum Gasteiger partial charge on any atom is 0.329 e. The monoisotopic (exact) mass is 297 g/mol. The van der Waals surface area contributed by atoms with Crippen LogP contribution in [0.25, 0.3) is 0 Å². The number of rotatable bonds is 4. The van der Waals surface area contributed by atoms with Crippen LogP contribution in [-0.2, 0) is 4.79 Å². The summed E-state index contributed by atoms with van der Waals surface area (Å²) < 4.78 is 5.07. The van der Waals surface area contributed by atoms with E-state index in [9.17, 15) is 14.7 Å². The quantitative estimate of drug-likeness (QED) is 0.927. The standard InChI is InChI=1S/C14H19NO4S/c1-15(12(16)11-8-10(19-2)9-20-11)14(13(17)18)6-4-3-5-7-14/h8-9H,3-7H2,1-2H3,(H,17,18). The summed E-state index contributed by atoms with van der Waals surface area (Å²) in [5.41, 5.74) is -1.06. The summed E-state index contributed by atoms with van der Waals surface area (Å²) in [5, 5.41) is 11.3. The molecule has 2 rings (SSSR count). The summed E-state index contributed by atoms with van der Waals surface area (Å²) in [4.78, 5) is 26.1. The van der Waals surface area contributed by atoms with Crippen LogP contribution in [0, 0.1) is 0 Å². The van der Waals surface area contributed by atoms with E-state index in [0.29, 0.717) is 23.5 Å². The fourth-order valence-corrected chi connectivity index (χ4v) is 3.56. The van der Waals surface area contributed by atoms with Crippen LogP contribution < -0.4 is 4.74 Å². The number of aliphatic carboxylic acids is 1. The Morgan fingerprint density at radius 2 is 2.00 bits per heavy atom. The molecule has 0 unspecified atom stereocenters. The van der Waals surface area contributed by atoms with Crippen molar-refractivity contribution < 1.29 is 19.4 Å². The minimum absolute atomic E-state index is 0.248. The topological polar surface area (TPSA) is 66.8 Å². The molecular weight excluding hydrogens is 278 g/mol. The summed E-state index contributed by atoms with van der Waals surface area (Å²) in [7, 11) is 3.13. The lowest BCUT2D eigenvalue weighted by Gasteiger charge is -2.40. The zero-order valence-electron chi connectivity index (χ0n) is 11.7. The van der Waals surface area contributed by atoms with Gasteiger partial charge >= 0.3 is 5.97 Å². The maximum absolute atomic E-state index is 12.5. The van der Waals surface area contributed by atoms with E-state index >= 15 is 0 Å². The molecule has 6 heteroatoms. The molecule has 0 bridgehead atoms. The van der Waals surface area contributed by atoms with Crippen molar-refractivity contribution in [2.75, 3.05) is 14.2 Å². The van der Waals surface area contributed by atoms with Crippen LogP contribution in [0.2, 0.25) is 0 Å². The molecule has 20 heavy (non-hydrogen) atoms. The summed E-state index contributed by atoms with van der Waals surface area (Å²) in [6.45, 7) is 0. The van der Waals surface area contributed by atoms with Crippen molar-refractivity contribution in [1.82, 2.24) is 4.90 Å². The van der Waals surface area contributed by atoms with E-state index in [1.54, 1.807) is 25.6 Å². The molecule has 110 valence electrons. The molecule has 1 aliphatic rings. The van der Waals surface area contributed by atoms with Gasteiger partial charge in [-0.2, -0.15) is 0 Å². The van der Waals surface area contributed by atoms with Crippen molar-refractivity contribution in [2.45, 2.75) is 37.6 Å². The predicted octanol–water partition coefficient (Wildman–Crippen LogP) is 2.62. The number of ether oxygens (including phenoxy) is 1. The normalized spacial score (nSPS) is 17.5. The van der Waals surface area contributed by atoms with Crippen LogP contribution in [0.15, 0.2) is 11.4 Å². The van der Waals surface area contributed by atoms with Crippen molar-refractivity contribution in [1.29, 1.82) is 0 Å². The van der Waals surface area contributed by atoms with Crippen LogP contribution in [0.3, 0.4) is 0 Å². The Hall–Kier alpha value is -1.56. The Kier molecular flexibility index (Phi) is 4.32. The zero-order chi connectivity index (χ0) is 14.8. The van der Waals surface area contributed by atoms with Gasteiger partial charge in [0.25, 0.3) is 5.91 Å². The molecule has 1 amide bonds. The predicted molar refractivity (Wildman–Crippen MR) is 76.4 cm³/mol. The third-order valence-electron chi connectivity index (χ3n) is 4.05. The Balaban J connectivity index is 2.25. The van der Waals surface area contributed by atoms with Gasteiger partial charge in [-0.25, -0.2) is 4.79 Å². The maximum atomic E-state index is 12.5. The lowest BCUT2D eigenvalue weighted by molar-refractivity contribution is -0.151. The third kappa shape index (κ3) is 2.52. The third-order valence-corrected chi connectivity index (χ3v) is 4.94. The Morgan fingerprint density at radius 1 is 1.35 bits per heavy atom. The lowest BCUT2D eigenvalue weighted by Crippen LogP contribution is -2.56. The van der Waals surface area contributed by atoms with E-state index < -0.39 is 11.5 Å².